The van der Waals surface area contributed by atoms with Gasteiger partial charge in [0.05, 0.1) is 30.7 Å². The van der Waals surface area contributed by atoms with E-state index in [0.29, 0.717) is 24.8 Å². The number of ether oxygens (including phenoxy) is 2. The maximum atomic E-state index is 12.9. The van der Waals surface area contributed by atoms with Crippen molar-refractivity contribution in [1.29, 1.82) is 0 Å². The van der Waals surface area contributed by atoms with Crippen LogP contribution in [0.5, 0.6) is 11.6 Å². The molecule has 1 aliphatic rings. The first-order valence-electron chi connectivity index (χ1n) is 10.8. The van der Waals surface area contributed by atoms with Gasteiger partial charge in [0.25, 0.3) is 5.88 Å². The van der Waals surface area contributed by atoms with Gasteiger partial charge in [-0.2, -0.15) is 0 Å². The molecule has 7 heteroatoms. The number of hydrogen-bond donors (Lipinski definition) is 1. The number of piperidine rings is 1. The number of aromatic nitrogens is 2. The van der Waals surface area contributed by atoms with Gasteiger partial charge in [-0.15, -0.1) is 0 Å². The Morgan fingerprint density at radius 3 is 2.58 bits per heavy atom. The number of methoxy groups -OCH3 is 1. The van der Waals surface area contributed by atoms with Gasteiger partial charge in [-0.1, -0.05) is 19.1 Å². The quantitative estimate of drug-likeness (QED) is 0.615. The predicted molar refractivity (Wildman–Crippen MR) is 122 cm³/mol. The van der Waals surface area contributed by atoms with Crippen LogP contribution in [-0.4, -0.2) is 42.7 Å². The largest absolute Gasteiger partial charge is 0.497 e. The first-order chi connectivity index (χ1) is 15.2. The van der Waals surface area contributed by atoms with Gasteiger partial charge in [0.1, 0.15) is 5.75 Å². The summed E-state index contributed by atoms with van der Waals surface area (Å²) in [6, 6.07) is 15.2. The van der Waals surface area contributed by atoms with Gasteiger partial charge in [-0.05, 0) is 55.7 Å². The molecule has 0 aliphatic carbocycles. The van der Waals surface area contributed by atoms with Gasteiger partial charge in [0.15, 0.2) is 5.82 Å². The molecule has 7 nitrogen and oxygen atoms in total. The standard InChI is InChI=1S/C24H28N4O3/c1-3-15-31-24-22(26-20-8-4-5-9-21(20)27-24)28-14-6-7-17(16-28)23(29)25-18-10-12-19(30-2)13-11-18/h4-5,8-13,17H,3,6-7,14-16H2,1-2H3,(H,25,29)/t17-/m0/s1. The molecule has 2 heterocycles. The smallest absolute Gasteiger partial charge is 0.258 e. The van der Waals surface area contributed by atoms with Crippen LogP contribution >= 0.6 is 0 Å². The summed E-state index contributed by atoms with van der Waals surface area (Å²) >= 11 is 0. The van der Waals surface area contributed by atoms with Gasteiger partial charge in [0.2, 0.25) is 5.91 Å². The molecule has 4 rings (SSSR count). The van der Waals surface area contributed by atoms with E-state index in [-0.39, 0.29) is 11.8 Å². The third kappa shape index (κ3) is 4.87. The van der Waals surface area contributed by atoms with Crippen LogP contribution in [0.25, 0.3) is 11.0 Å². The monoisotopic (exact) mass is 420 g/mol. The lowest BCUT2D eigenvalue weighted by atomic mass is 9.97. The van der Waals surface area contributed by atoms with Gasteiger partial charge in [-0.3, -0.25) is 4.79 Å². The number of anilines is 2. The molecule has 0 bridgehead atoms. The zero-order valence-electron chi connectivity index (χ0n) is 18.0. The zero-order valence-corrected chi connectivity index (χ0v) is 18.0. The summed E-state index contributed by atoms with van der Waals surface area (Å²) in [5, 5.41) is 3.03. The van der Waals surface area contributed by atoms with E-state index in [2.05, 4.69) is 17.1 Å². The number of fused-ring (bicyclic) bond motifs is 1. The van der Waals surface area contributed by atoms with Gasteiger partial charge < -0.3 is 19.7 Å². The molecule has 162 valence electrons. The fourth-order valence-corrected chi connectivity index (χ4v) is 3.78. The number of amides is 1. The van der Waals surface area contributed by atoms with Crippen LogP contribution in [-0.2, 0) is 4.79 Å². The number of hydrogen-bond acceptors (Lipinski definition) is 6. The molecule has 2 aromatic carbocycles. The summed E-state index contributed by atoms with van der Waals surface area (Å²) in [6.45, 7) is 4.04. The highest BCUT2D eigenvalue weighted by atomic mass is 16.5. The zero-order chi connectivity index (χ0) is 21.6. The Balaban J connectivity index is 1.53. The van der Waals surface area contributed by atoms with Crippen molar-refractivity contribution in [3.05, 3.63) is 48.5 Å². The summed E-state index contributed by atoms with van der Waals surface area (Å²) in [6.07, 6.45) is 2.63. The average Bonchev–Trinajstić information content (AvgIpc) is 2.82. The van der Waals surface area contributed by atoms with Gasteiger partial charge in [-0.25, -0.2) is 9.97 Å². The van der Waals surface area contributed by atoms with Crippen molar-refractivity contribution < 1.29 is 14.3 Å². The average molecular weight is 421 g/mol. The maximum Gasteiger partial charge on any atom is 0.258 e. The van der Waals surface area contributed by atoms with E-state index in [1.54, 1.807) is 7.11 Å². The summed E-state index contributed by atoms with van der Waals surface area (Å²) in [5.74, 6) is 1.89. The lowest BCUT2D eigenvalue weighted by molar-refractivity contribution is -0.120. The predicted octanol–water partition coefficient (Wildman–Crippen LogP) is 4.28. The SMILES string of the molecule is CCCOc1nc2ccccc2nc1N1CCC[C@H](C(=O)Nc2ccc(OC)cc2)C1. The van der Waals surface area contributed by atoms with Gasteiger partial charge >= 0.3 is 0 Å². The highest BCUT2D eigenvalue weighted by Crippen LogP contribution is 2.31. The van der Waals surface area contributed by atoms with Crippen molar-refractivity contribution in [3.8, 4) is 11.6 Å². The highest BCUT2D eigenvalue weighted by Gasteiger charge is 2.29. The van der Waals surface area contributed by atoms with Crippen molar-refractivity contribution in [2.45, 2.75) is 26.2 Å². The number of carbonyl (C=O) groups excluding carboxylic acids is 1. The molecule has 1 saturated heterocycles. The Bertz CT molecular complexity index is 1040. The Morgan fingerprint density at radius 1 is 1.13 bits per heavy atom. The third-order valence-corrected chi connectivity index (χ3v) is 5.41. The van der Waals surface area contributed by atoms with Crippen LogP contribution in [0.15, 0.2) is 48.5 Å². The van der Waals surface area contributed by atoms with E-state index < -0.39 is 0 Å². The number of para-hydroxylation sites is 2. The van der Waals surface area contributed by atoms with E-state index >= 15 is 0 Å². The van der Waals surface area contributed by atoms with Crippen molar-refractivity contribution in [2.75, 3.05) is 37.0 Å². The van der Waals surface area contributed by atoms with E-state index in [1.807, 2.05) is 48.5 Å². The lowest BCUT2D eigenvalue weighted by Crippen LogP contribution is -2.41. The van der Waals surface area contributed by atoms with Crippen LogP contribution in [0.3, 0.4) is 0 Å². The fourth-order valence-electron chi connectivity index (χ4n) is 3.78. The molecule has 1 amide bonds. The minimum absolute atomic E-state index is 0.0136. The van der Waals surface area contributed by atoms with Crippen LogP contribution in [0.4, 0.5) is 11.5 Å². The number of rotatable bonds is 7. The number of nitrogens with zero attached hydrogens (tertiary/aromatic N) is 3. The lowest BCUT2D eigenvalue weighted by Gasteiger charge is -2.33. The Kier molecular flexibility index (Phi) is 6.50. The van der Waals surface area contributed by atoms with E-state index in [0.717, 1.165) is 48.3 Å². The van der Waals surface area contributed by atoms with E-state index in [9.17, 15) is 4.79 Å². The third-order valence-electron chi connectivity index (χ3n) is 5.41. The van der Waals surface area contributed by atoms with Crippen molar-refractivity contribution in [2.24, 2.45) is 5.92 Å². The summed E-state index contributed by atoms with van der Waals surface area (Å²) < 4.78 is 11.1. The molecular formula is C24H28N4O3. The molecule has 3 aromatic rings. The minimum Gasteiger partial charge on any atom is -0.497 e. The van der Waals surface area contributed by atoms with Crippen molar-refractivity contribution in [1.82, 2.24) is 9.97 Å². The normalized spacial score (nSPS) is 16.2. The van der Waals surface area contributed by atoms with Crippen molar-refractivity contribution in [3.63, 3.8) is 0 Å². The van der Waals surface area contributed by atoms with Crippen molar-refractivity contribution >= 4 is 28.4 Å². The summed E-state index contributed by atoms with van der Waals surface area (Å²) in [4.78, 5) is 24.6. The second kappa shape index (κ2) is 9.64. The first kappa shape index (κ1) is 20.9. The number of nitrogens with one attached hydrogen (secondary N) is 1. The molecule has 1 atom stereocenters. The minimum atomic E-state index is -0.136. The molecule has 0 saturated carbocycles. The summed E-state index contributed by atoms with van der Waals surface area (Å²) in [7, 11) is 1.62. The van der Waals surface area contributed by atoms with Crippen LogP contribution in [0.1, 0.15) is 26.2 Å². The van der Waals surface area contributed by atoms with Gasteiger partial charge in [0, 0.05) is 18.8 Å². The molecule has 0 unspecified atom stereocenters. The molecule has 1 fully saturated rings. The topological polar surface area (TPSA) is 76.6 Å². The molecule has 0 spiro atoms. The van der Waals surface area contributed by atoms with E-state index in [4.69, 9.17) is 19.4 Å². The Morgan fingerprint density at radius 2 is 1.87 bits per heavy atom. The molecule has 31 heavy (non-hydrogen) atoms. The van der Waals surface area contributed by atoms with Crippen LogP contribution in [0.2, 0.25) is 0 Å². The molecule has 1 N–H and O–H groups in total. The molecular weight excluding hydrogens is 392 g/mol. The molecule has 0 radical (unpaired) electrons. The van der Waals surface area contributed by atoms with E-state index in [1.165, 1.54) is 0 Å². The maximum absolute atomic E-state index is 12.9. The fraction of sp³-hybridized carbons (Fsp3) is 0.375. The molecule has 1 aliphatic heterocycles. The number of benzene rings is 2. The number of carbonyl (C=O) groups is 1. The Labute approximate surface area is 182 Å². The second-order valence-corrected chi connectivity index (χ2v) is 7.69. The summed E-state index contributed by atoms with van der Waals surface area (Å²) in [5.41, 5.74) is 2.40. The second-order valence-electron chi connectivity index (χ2n) is 7.69. The highest BCUT2D eigenvalue weighted by molar-refractivity contribution is 5.93. The Hall–Kier alpha value is -3.35. The first-order valence-corrected chi connectivity index (χ1v) is 10.8. The molecule has 1 aromatic heterocycles. The van der Waals surface area contributed by atoms with Crippen LogP contribution < -0.4 is 19.7 Å². The van der Waals surface area contributed by atoms with Crippen LogP contribution in [0, 0.1) is 5.92 Å².